The number of thioether (sulfide) groups is 2. The summed E-state index contributed by atoms with van der Waals surface area (Å²) in [4.78, 5) is 11.9. The van der Waals surface area contributed by atoms with Crippen molar-refractivity contribution in [2.24, 2.45) is 9.98 Å². The molecule has 0 aromatic heterocycles. The van der Waals surface area contributed by atoms with E-state index < -0.39 is 0 Å². The Kier molecular flexibility index (Phi) is 8.78. The molecule has 0 aliphatic rings. The third-order valence-corrected chi connectivity index (χ3v) is 7.58. The van der Waals surface area contributed by atoms with E-state index in [2.05, 4.69) is 98.8 Å². The fraction of sp³-hybridized carbons (Fsp3) is 0.133. The first-order valence-electron chi connectivity index (χ1n) is 11.3. The summed E-state index contributed by atoms with van der Waals surface area (Å²) < 4.78 is 0. The van der Waals surface area contributed by atoms with Gasteiger partial charge in [0.05, 0.1) is 11.4 Å². The number of aryl methyl sites for hydroxylation is 2. The van der Waals surface area contributed by atoms with Gasteiger partial charge in [0.15, 0.2) is 0 Å². The molecule has 0 spiro atoms. The van der Waals surface area contributed by atoms with Gasteiger partial charge in [-0.3, -0.25) is 9.98 Å². The zero-order valence-electron chi connectivity index (χ0n) is 19.5. The fourth-order valence-electron chi connectivity index (χ4n) is 3.27. The molecule has 4 aromatic rings. The minimum Gasteiger partial charge on any atom is -0.255 e. The lowest BCUT2D eigenvalue weighted by Crippen LogP contribution is -1.86. The van der Waals surface area contributed by atoms with Crippen LogP contribution in [0, 0.1) is 13.8 Å². The van der Waals surface area contributed by atoms with Crippen LogP contribution < -0.4 is 0 Å². The highest BCUT2D eigenvalue weighted by Crippen LogP contribution is 2.33. The second kappa shape index (κ2) is 12.4. The van der Waals surface area contributed by atoms with Crippen molar-refractivity contribution in [1.82, 2.24) is 0 Å². The van der Waals surface area contributed by atoms with Crippen LogP contribution in [0.5, 0.6) is 0 Å². The van der Waals surface area contributed by atoms with Crippen molar-refractivity contribution in [3.8, 4) is 0 Å². The van der Waals surface area contributed by atoms with Gasteiger partial charge >= 0.3 is 0 Å². The average Bonchev–Trinajstić information content (AvgIpc) is 2.87. The van der Waals surface area contributed by atoms with E-state index in [1.807, 2.05) is 48.1 Å². The predicted molar refractivity (Wildman–Crippen MR) is 151 cm³/mol. The van der Waals surface area contributed by atoms with E-state index in [9.17, 15) is 0 Å². The molecule has 2 nitrogen and oxygen atoms in total. The molecule has 170 valence electrons. The summed E-state index contributed by atoms with van der Waals surface area (Å²) in [5, 5.41) is 0. The molecule has 0 aliphatic heterocycles. The molecule has 4 aromatic carbocycles. The van der Waals surface area contributed by atoms with E-state index in [4.69, 9.17) is 9.98 Å². The topological polar surface area (TPSA) is 24.7 Å². The Bertz CT molecular complexity index is 1160. The summed E-state index contributed by atoms with van der Waals surface area (Å²) in [6.07, 6.45) is 3.88. The van der Waals surface area contributed by atoms with Gasteiger partial charge in [0.1, 0.15) is 0 Å². The molecule has 0 radical (unpaired) electrons. The first-order valence-corrected chi connectivity index (χ1v) is 13.3. The van der Waals surface area contributed by atoms with E-state index in [1.54, 1.807) is 0 Å². The van der Waals surface area contributed by atoms with E-state index in [0.29, 0.717) is 0 Å². The highest BCUT2D eigenvalue weighted by Gasteiger charge is 2.04. The Balaban J connectivity index is 1.34. The van der Waals surface area contributed by atoms with Crippen molar-refractivity contribution in [3.05, 3.63) is 119 Å². The van der Waals surface area contributed by atoms with Crippen LogP contribution in [0.3, 0.4) is 0 Å². The number of hydrogen-bond acceptors (Lipinski definition) is 4. The van der Waals surface area contributed by atoms with Crippen LogP contribution in [0.25, 0.3) is 0 Å². The maximum atomic E-state index is 4.74. The Hall–Kier alpha value is -3.08. The Morgan fingerprint density at radius 3 is 1.32 bits per heavy atom. The van der Waals surface area contributed by atoms with Crippen molar-refractivity contribution >= 4 is 47.3 Å². The van der Waals surface area contributed by atoms with Crippen LogP contribution in [0.4, 0.5) is 11.4 Å². The van der Waals surface area contributed by atoms with E-state index >= 15 is 0 Å². The van der Waals surface area contributed by atoms with Gasteiger partial charge in [0.2, 0.25) is 0 Å². The molecule has 0 bridgehead atoms. The number of para-hydroxylation sites is 2. The summed E-state index contributed by atoms with van der Waals surface area (Å²) >= 11 is 3.70. The molecule has 4 heteroatoms. The van der Waals surface area contributed by atoms with Gasteiger partial charge in [-0.1, -0.05) is 83.9 Å². The quantitative estimate of drug-likeness (QED) is 0.136. The largest absolute Gasteiger partial charge is 0.255 e. The summed E-state index contributed by atoms with van der Waals surface area (Å²) in [6, 6.07) is 33.6. The van der Waals surface area contributed by atoms with Crippen molar-refractivity contribution < 1.29 is 0 Å². The fourth-order valence-corrected chi connectivity index (χ4v) is 5.26. The van der Waals surface area contributed by atoms with Gasteiger partial charge in [-0.15, -0.1) is 23.5 Å². The predicted octanol–water partition coefficient (Wildman–Crippen LogP) is 8.69. The number of aliphatic imine (C=N–C) groups is 2. The molecule has 0 heterocycles. The van der Waals surface area contributed by atoms with Crippen molar-refractivity contribution in [2.45, 2.75) is 23.6 Å². The molecule has 0 aliphatic carbocycles. The van der Waals surface area contributed by atoms with Crippen LogP contribution in [0.15, 0.2) is 117 Å². The summed E-state index contributed by atoms with van der Waals surface area (Å²) in [7, 11) is 0. The van der Waals surface area contributed by atoms with Crippen molar-refractivity contribution in [1.29, 1.82) is 0 Å². The minimum absolute atomic E-state index is 0.998. The van der Waals surface area contributed by atoms with Gasteiger partial charge in [0, 0.05) is 33.7 Å². The molecule has 34 heavy (non-hydrogen) atoms. The lowest BCUT2D eigenvalue weighted by Gasteiger charge is -2.07. The van der Waals surface area contributed by atoms with E-state index in [0.717, 1.165) is 34.0 Å². The second-order valence-corrected chi connectivity index (χ2v) is 10.2. The average molecular weight is 481 g/mol. The van der Waals surface area contributed by atoms with E-state index in [-0.39, 0.29) is 0 Å². The van der Waals surface area contributed by atoms with Crippen LogP contribution in [0.1, 0.15) is 22.3 Å². The number of hydrogen-bond donors (Lipinski definition) is 0. The molecule has 0 saturated heterocycles. The Labute approximate surface area is 211 Å². The zero-order chi connectivity index (χ0) is 23.6. The molecule has 0 atom stereocenters. The first-order chi connectivity index (χ1) is 16.7. The molecule has 0 unspecified atom stereocenters. The molecule has 0 saturated carbocycles. The first kappa shape index (κ1) is 24.1. The second-order valence-electron chi connectivity index (χ2n) is 7.97. The molecule has 0 N–H and O–H groups in total. The molecule has 4 rings (SSSR count). The monoisotopic (exact) mass is 480 g/mol. The van der Waals surface area contributed by atoms with Crippen molar-refractivity contribution in [3.63, 3.8) is 0 Å². The highest BCUT2D eigenvalue weighted by molar-refractivity contribution is 8.03. The highest BCUT2D eigenvalue weighted by atomic mass is 32.2. The SMILES string of the molecule is Cc1ccc(C=Nc2ccccc2SCCSc2ccccc2N=Cc2ccc(C)cc2)cc1. The minimum atomic E-state index is 0.998. The van der Waals surface area contributed by atoms with Crippen LogP contribution in [-0.4, -0.2) is 23.9 Å². The lowest BCUT2D eigenvalue weighted by molar-refractivity contribution is 1.35. The summed E-state index contributed by atoms with van der Waals surface area (Å²) in [5.41, 5.74) is 6.77. The van der Waals surface area contributed by atoms with Gasteiger partial charge in [-0.05, 0) is 49.2 Å². The van der Waals surface area contributed by atoms with Gasteiger partial charge in [-0.2, -0.15) is 0 Å². The third kappa shape index (κ3) is 7.21. The number of nitrogens with zero attached hydrogens (tertiary/aromatic N) is 2. The maximum Gasteiger partial charge on any atom is 0.0765 e. The molecular weight excluding hydrogens is 452 g/mol. The van der Waals surface area contributed by atoms with Gasteiger partial charge in [0.25, 0.3) is 0 Å². The number of rotatable bonds is 9. The smallest absolute Gasteiger partial charge is 0.0765 e. The standard InChI is InChI=1S/C30H28N2S2/c1-23-11-15-25(16-12-23)21-31-27-7-3-5-9-29(27)33-19-20-34-30-10-6-4-8-28(30)32-22-26-17-13-24(2)14-18-26/h3-18,21-22H,19-20H2,1-2H3. The van der Waals surface area contributed by atoms with E-state index in [1.165, 1.54) is 20.9 Å². The normalized spacial score (nSPS) is 11.5. The lowest BCUT2D eigenvalue weighted by atomic mass is 10.2. The summed E-state index contributed by atoms with van der Waals surface area (Å²) in [6.45, 7) is 4.19. The third-order valence-electron chi connectivity index (χ3n) is 5.19. The van der Waals surface area contributed by atoms with Gasteiger partial charge < -0.3 is 0 Å². The Morgan fingerprint density at radius 2 is 0.912 bits per heavy atom. The van der Waals surface area contributed by atoms with Crippen LogP contribution >= 0.6 is 23.5 Å². The Morgan fingerprint density at radius 1 is 0.529 bits per heavy atom. The number of benzene rings is 4. The van der Waals surface area contributed by atoms with Crippen LogP contribution in [-0.2, 0) is 0 Å². The van der Waals surface area contributed by atoms with Gasteiger partial charge in [-0.25, -0.2) is 0 Å². The molecule has 0 fully saturated rings. The van der Waals surface area contributed by atoms with Crippen LogP contribution in [0.2, 0.25) is 0 Å². The molecular formula is C30H28N2S2. The maximum absolute atomic E-state index is 4.74. The zero-order valence-corrected chi connectivity index (χ0v) is 21.2. The van der Waals surface area contributed by atoms with Crippen molar-refractivity contribution in [2.75, 3.05) is 11.5 Å². The molecule has 0 amide bonds. The summed E-state index contributed by atoms with van der Waals surface area (Å²) in [5.74, 6) is 2.00.